The molecule has 0 aliphatic heterocycles. The summed E-state index contributed by atoms with van der Waals surface area (Å²) < 4.78 is 6.45. The van der Waals surface area contributed by atoms with Gasteiger partial charge in [-0.05, 0) is 41.5 Å². The van der Waals surface area contributed by atoms with E-state index < -0.39 is 0 Å². The van der Waals surface area contributed by atoms with Crippen LogP contribution in [-0.2, 0) is 22.6 Å². The van der Waals surface area contributed by atoms with Crippen LogP contribution in [0.4, 0.5) is 0 Å². The van der Waals surface area contributed by atoms with Crippen molar-refractivity contribution in [3.8, 4) is 0 Å². The smallest absolute Gasteiger partial charge is 0.310 e. The van der Waals surface area contributed by atoms with Gasteiger partial charge in [0.1, 0.15) is 6.61 Å². The molecule has 0 aliphatic rings. The van der Waals surface area contributed by atoms with Crippen LogP contribution in [0.25, 0.3) is 0 Å². The third kappa shape index (κ3) is 5.48. The number of rotatable bonds is 6. The van der Waals surface area contributed by atoms with Gasteiger partial charge in [-0.1, -0.05) is 76.2 Å². The first-order valence-corrected chi connectivity index (χ1v) is 9.52. The molecule has 0 heterocycles. The summed E-state index contributed by atoms with van der Waals surface area (Å²) in [5.74, 6) is -0.215. The van der Waals surface area contributed by atoms with Crippen molar-refractivity contribution in [2.24, 2.45) is 0 Å². The molecular formula is C21H17BrO2S. The van der Waals surface area contributed by atoms with Gasteiger partial charge in [-0.3, -0.25) is 4.79 Å². The summed E-state index contributed by atoms with van der Waals surface area (Å²) in [6.45, 7) is 0.307. The maximum Gasteiger partial charge on any atom is 0.310 e. The lowest BCUT2D eigenvalue weighted by Crippen LogP contribution is -2.08. The Morgan fingerprint density at radius 2 is 1.56 bits per heavy atom. The van der Waals surface area contributed by atoms with Gasteiger partial charge in [-0.25, -0.2) is 0 Å². The number of benzene rings is 3. The summed E-state index contributed by atoms with van der Waals surface area (Å²) >= 11 is 5.09. The van der Waals surface area contributed by atoms with Gasteiger partial charge in [0.2, 0.25) is 0 Å². The predicted molar refractivity (Wildman–Crippen MR) is 105 cm³/mol. The van der Waals surface area contributed by atoms with Crippen LogP contribution < -0.4 is 0 Å². The van der Waals surface area contributed by atoms with E-state index in [4.69, 9.17) is 4.74 Å². The topological polar surface area (TPSA) is 26.3 Å². The lowest BCUT2D eigenvalue weighted by molar-refractivity contribution is -0.144. The Morgan fingerprint density at radius 3 is 2.32 bits per heavy atom. The Hall–Kier alpha value is -2.04. The van der Waals surface area contributed by atoms with Gasteiger partial charge in [0.05, 0.1) is 6.42 Å². The van der Waals surface area contributed by atoms with Crippen LogP contribution in [0.15, 0.2) is 93.1 Å². The van der Waals surface area contributed by atoms with Crippen LogP contribution in [0.5, 0.6) is 0 Å². The largest absolute Gasteiger partial charge is 0.461 e. The molecule has 0 radical (unpaired) electrons. The van der Waals surface area contributed by atoms with Crippen LogP contribution in [0.3, 0.4) is 0 Å². The molecule has 0 saturated carbocycles. The highest BCUT2D eigenvalue weighted by atomic mass is 79.9. The Kier molecular flexibility index (Phi) is 6.31. The van der Waals surface area contributed by atoms with Crippen molar-refractivity contribution in [1.29, 1.82) is 0 Å². The third-order valence-corrected chi connectivity index (χ3v) is 5.25. The molecule has 3 rings (SSSR count). The second-order valence-electron chi connectivity index (χ2n) is 5.49. The molecule has 0 unspecified atom stereocenters. The van der Waals surface area contributed by atoms with Gasteiger partial charge in [0.15, 0.2) is 0 Å². The summed E-state index contributed by atoms with van der Waals surface area (Å²) in [6.07, 6.45) is 0.270. The van der Waals surface area contributed by atoms with Gasteiger partial charge in [0.25, 0.3) is 0 Å². The van der Waals surface area contributed by atoms with Crippen LogP contribution in [0.2, 0.25) is 0 Å². The van der Waals surface area contributed by atoms with Crippen molar-refractivity contribution in [3.63, 3.8) is 0 Å². The van der Waals surface area contributed by atoms with Crippen LogP contribution >= 0.6 is 27.7 Å². The molecule has 0 bridgehead atoms. The van der Waals surface area contributed by atoms with Crippen LogP contribution in [-0.4, -0.2) is 5.97 Å². The molecule has 0 spiro atoms. The maximum atomic E-state index is 12.2. The number of halogens is 1. The van der Waals surface area contributed by atoms with Gasteiger partial charge >= 0.3 is 5.97 Å². The van der Waals surface area contributed by atoms with Crippen molar-refractivity contribution in [1.82, 2.24) is 0 Å². The molecule has 0 aromatic heterocycles. The standard InChI is InChI=1S/C21H17BrO2S/c22-18-10-12-19(13-11-18)25-20-9-5-4-8-17(20)14-21(23)24-15-16-6-2-1-3-7-16/h1-13H,14-15H2. The molecule has 0 aliphatic carbocycles. The second-order valence-corrected chi connectivity index (χ2v) is 7.52. The highest BCUT2D eigenvalue weighted by Crippen LogP contribution is 2.31. The first-order valence-electron chi connectivity index (χ1n) is 7.91. The lowest BCUT2D eigenvalue weighted by atomic mass is 10.1. The van der Waals surface area contributed by atoms with Crippen molar-refractivity contribution in [2.75, 3.05) is 0 Å². The molecule has 0 atom stereocenters. The third-order valence-electron chi connectivity index (χ3n) is 3.59. The zero-order chi connectivity index (χ0) is 17.5. The van der Waals surface area contributed by atoms with E-state index in [1.807, 2.05) is 66.7 Å². The van der Waals surface area contributed by atoms with E-state index in [1.165, 1.54) is 0 Å². The highest BCUT2D eigenvalue weighted by molar-refractivity contribution is 9.10. The molecular weight excluding hydrogens is 396 g/mol. The molecule has 126 valence electrons. The van der Waals surface area contributed by atoms with Crippen molar-refractivity contribution >= 4 is 33.7 Å². The van der Waals surface area contributed by atoms with E-state index in [1.54, 1.807) is 11.8 Å². The molecule has 2 nitrogen and oxygen atoms in total. The van der Waals surface area contributed by atoms with E-state index in [-0.39, 0.29) is 12.4 Å². The Morgan fingerprint density at radius 1 is 0.880 bits per heavy atom. The fraction of sp³-hybridized carbons (Fsp3) is 0.0952. The molecule has 3 aromatic carbocycles. The number of carbonyl (C=O) groups excluding carboxylic acids is 1. The number of carbonyl (C=O) groups is 1. The van der Waals surface area contributed by atoms with E-state index in [0.29, 0.717) is 6.61 Å². The summed E-state index contributed by atoms with van der Waals surface area (Å²) in [5.41, 5.74) is 1.97. The monoisotopic (exact) mass is 412 g/mol. The normalized spacial score (nSPS) is 10.4. The number of ether oxygens (including phenoxy) is 1. The van der Waals surface area contributed by atoms with E-state index >= 15 is 0 Å². The van der Waals surface area contributed by atoms with Crippen molar-refractivity contribution in [3.05, 3.63) is 94.5 Å². The number of esters is 1. The lowest BCUT2D eigenvalue weighted by Gasteiger charge is -2.10. The molecule has 0 fully saturated rings. The Labute approximate surface area is 160 Å². The summed E-state index contributed by atoms with van der Waals surface area (Å²) in [5, 5.41) is 0. The second kappa shape index (κ2) is 8.88. The van der Waals surface area contributed by atoms with E-state index in [2.05, 4.69) is 28.1 Å². The maximum absolute atomic E-state index is 12.2. The Bertz CT molecular complexity index is 832. The zero-order valence-corrected chi connectivity index (χ0v) is 15.9. The molecule has 0 N–H and O–H groups in total. The molecule has 3 aromatic rings. The summed E-state index contributed by atoms with van der Waals surface area (Å²) in [7, 11) is 0. The molecule has 0 amide bonds. The molecule has 0 saturated heterocycles. The Balaban J connectivity index is 1.64. The minimum Gasteiger partial charge on any atom is -0.461 e. The van der Waals surface area contributed by atoms with Crippen molar-refractivity contribution < 1.29 is 9.53 Å². The van der Waals surface area contributed by atoms with Gasteiger partial charge < -0.3 is 4.74 Å². The fourth-order valence-corrected chi connectivity index (χ4v) is 3.53. The van der Waals surface area contributed by atoms with Crippen molar-refractivity contribution in [2.45, 2.75) is 22.8 Å². The van der Waals surface area contributed by atoms with E-state index in [9.17, 15) is 4.79 Å². The molecule has 25 heavy (non-hydrogen) atoms. The average molecular weight is 413 g/mol. The van der Waals surface area contributed by atoms with Gasteiger partial charge in [-0.2, -0.15) is 0 Å². The summed E-state index contributed by atoms with van der Waals surface area (Å²) in [4.78, 5) is 14.4. The minimum atomic E-state index is -0.215. The minimum absolute atomic E-state index is 0.215. The van der Waals surface area contributed by atoms with E-state index in [0.717, 1.165) is 25.4 Å². The van der Waals surface area contributed by atoms with Gasteiger partial charge in [-0.15, -0.1) is 0 Å². The van der Waals surface area contributed by atoms with Crippen LogP contribution in [0, 0.1) is 0 Å². The van der Waals surface area contributed by atoms with Crippen LogP contribution in [0.1, 0.15) is 11.1 Å². The quantitative estimate of drug-likeness (QED) is 0.472. The predicted octanol–water partition coefficient (Wildman–Crippen LogP) is 5.89. The number of hydrogen-bond donors (Lipinski definition) is 0. The first-order chi connectivity index (χ1) is 12.2. The highest BCUT2D eigenvalue weighted by Gasteiger charge is 2.10. The number of hydrogen-bond acceptors (Lipinski definition) is 3. The fourth-order valence-electron chi connectivity index (χ4n) is 2.32. The zero-order valence-electron chi connectivity index (χ0n) is 13.5. The average Bonchev–Trinajstić information content (AvgIpc) is 2.64. The summed E-state index contributed by atoms with van der Waals surface area (Å²) in [6, 6.07) is 25.8. The molecule has 4 heteroatoms. The SMILES string of the molecule is O=C(Cc1ccccc1Sc1ccc(Br)cc1)OCc1ccccc1. The van der Waals surface area contributed by atoms with Gasteiger partial charge in [0, 0.05) is 14.3 Å². The first kappa shape index (κ1) is 17.8.